The first-order valence-electron chi connectivity index (χ1n) is 14.9. The second-order valence-corrected chi connectivity index (χ2v) is 11.4. The van der Waals surface area contributed by atoms with Gasteiger partial charge in [0.1, 0.15) is 5.75 Å². The molecule has 1 unspecified atom stereocenters. The van der Waals surface area contributed by atoms with Gasteiger partial charge in [-0.3, -0.25) is 5.32 Å². The number of hydrogen-bond donors (Lipinski definition) is 1. The van der Waals surface area contributed by atoms with Gasteiger partial charge in [-0.05, 0) is 48.2 Å². The maximum atomic E-state index is 8.82. The predicted molar refractivity (Wildman–Crippen MR) is 169 cm³/mol. The lowest BCUT2D eigenvalue weighted by atomic mass is 9.77. The molecule has 0 aliphatic rings. The molecule has 0 saturated carbocycles. The third-order valence-corrected chi connectivity index (χ3v) is 9.06. The molecule has 1 atom stereocenters. The van der Waals surface area contributed by atoms with Crippen molar-refractivity contribution in [2.24, 2.45) is 0 Å². The Bertz CT molecular complexity index is 1100. The smallest absolute Gasteiger partial charge is 0.258 e. The summed E-state index contributed by atoms with van der Waals surface area (Å²) in [6, 6.07) is 32.0. The van der Waals surface area contributed by atoms with E-state index >= 15 is 0 Å². The van der Waals surface area contributed by atoms with E-state index in [0.717, 1.165) is 57.5 Å². The zero-order chi connectivity index (χ0) is 29.2. The number of nitrogens with one attached hydrogen (secondary N) is 1. The molecule has 0 aliphatic heterocycles. The van der Waals surface area contributed by atoms with E-state index in [-0.39, 0.29) is 0 Å². The topological polar surface area (TPSA) is 66.8 Å². The average Bonchev–Trinajstić information content (AvgIpc) is 3.03. The lowest BCUT2D eigenvalue weighted by molar-refractivity contribution is 0.207. The summed E-state index contributed by atoms with van der Waals surface area (Å²) in [6.45, 7) is 8.00. The van der Waals surface area contributed by atoms with Crippen molar-refractivity contribution in [3.8, 4) is 11.8 Å². The van der Waals surface area contributed by atoms with Gasteiger partial charge in [-0.2, -0.15) is 5.26 Å². The number of unbranched alkanes of at least 4 members (excludes halogenated alkanes) is 4. The summed E-state index contributed by atoms with van der Waals surface area (Å²) in [5.74, 6) is 0.853. The predicted octanol–water partition coefficient (Wildman–Crippen LogP) is 8.04. The summed E-state index contributed by atoms with van der Waals surface area (Å²) < 4.78 is 19.6. The molecule has 0 heterocycles. The molecule has 0 radical (unpaired) electrons. The molecule has 0 bridgehead atoms. The SMILES string of the molecule is CCN(CC)P(OCCC#N)OCCCCCCCNC(c1ccccc1)(c1ccccc1)c1ccc(OC)cc1. The lowest BCUT2D eigenvalue weighted by Gasteiger charge is -2.37. The van der Waals surface area contributed by atoms with Crippen LogP contribution in [0.15, 0.2) is 84.9 Å². The van der Waals surface area contributed by atoms with Gasteiger partial charge in [0.15, 0.2) is 0 Å². The molecule has 6 nitrogen and oxygen atoms in total. The highest BCUT2D eigenvalue weighted by Gasteiger charge is 2.35. The molecular formula is C34H46N3O3P. The van der Waals surface area contributed by atoms with E-state index in [0.29, 0.717) is 19.6 Å². The summed E-state index contributed by atoms with van der Waals surface area (Å²) in [7, 11) is 0.620. The van der Waals surface area contributed by atoms with Crippen molar-refractivity contribution in [1.82, 2.24) is 9.99 Å². The Kier molecular flexibility index (Phi) is 14.9. The summed E-state index contributed by atoms with van der Waals surface area (Å²) in [4.78, 5) is 0. The number of benzene rings is 3. The van der Waals surface area contributed by atoms with Crippen molar-refractivity contribution < 1.29 is 13.8 Å². The van der Waals surface area contributed by atoms with E-state index in [9.17, 15) is 0 Å². The van der Waals surface area contributed by atoms with Crippen molar-refractivity contribution in [2.75, 3.05) is 40.0 Å². The second-order valence-electron chi connectivity index (χ2n) is 9.86. The summed E-state index contributed by atoms with van der Waals surface area (Å²) in [6.07, 6.45) is 5.93. The molecule has 0 aliphatic carbocycles. The van der Waals surface area contributed by atoms with Crippen LogP contribution < -0.4 is 10.1 Å². The highest BCUT2D eigenvalue weighted by atomic mass is 31.2. The molecule has 3 aromatic carbocycles. The Balaban J connectivity index is 1.57. The van der Waals surface area contributed by atoms with E-state index in [1.807, 2.05) is 12.1 Å². The number of nitrogens with zero attached hydrogens (tertiary/aromatic N) is 2. The van der Waals surface area contributed by atoms with Crippen LogP contribution in [-0.4, -0.2) is 44.6 Å². The fraction of sp³-hybridized carbons (Fsp3) is 0.441. The van der Waals surface area contributed by atoms with Crippen LogP contribution in [0.2, 0.25) is 0 Å². The minimum Gasteiger partial charge on any atom is -0.497 e. The maximum absolute atomic E-state index is 8.82. The van der Waals surface area contributed by atoms with E-state index < -0.39 is 14.1 Å². The molecule has 0 fully saturated rings. The van der Waals surface area contributed by atoms with E-state index in [1.54, 1.807) is 7.11 Å². The highest BCUT2D eigenvalue weighted by Crippen LogP contribution is 2.42. The zero-order valence-corrected chi connectivity index (χ0v) is 25.8. The molecule has 220 valence electrons. The monoisotopic (exact) mass is 575 g/mol. The van der Waals surface area contributed by atoms with Crippen molar-refractivity contribution in [1.29, 1.82) is 5.26 Å². The molecule has 3 aromatic rings. The van der Waals surface area contributed by atoms with Crippen LogP contribution in [0.1, 0.15) is 69.1 Å². The standard InChI is InChI=1S/C34H46N3O3P/c1-4-37(5-2)41(40-29-17-26-35)39-28-16-8-6-7-15-27-36-34(30-18-11-9-12-19-30,31-20-13-10-14-21-31)32-22-24-33(38-3)25-23-32/h9-14,18-25,36H,4-8,15-17,27-29H2,1-3H3. The first kappa shape index (κ1) is 32.7. The quantitative estimate of drug-likeness (QED) is 0.0836. The Labute approximate surface area is 248 Å². The van der Waals surface area contributed by atoms with Crippen molar-refractivity contribution in [2.45, 2.75) is 57.9 Å². The zero-order valence-electron chi connectivity index (χ0n) is 24.9. The van der Waals surface area contributed by atoms with Gasteiger partial charge in [-0.1, -0.05) is 106 Å². The minimum atomic E-state index is -1.08. The highest BCUT2D eigenvalue weighted by molar-refractivity contribution is 7.44. The third kappa shape index (κ3) is 9.64. The number of methoxy groups -OCH3 is 1. The molecule has 7 heteroatoms. The van der Waals surface area contributed by atoms with Crippen molar-refractivity contribution in [3.05, 3.63) is 102 Å². The Morgan fingerprint density at radius 2 is 1.27 bits per heavy atom. The molecule has 3 rings (SSSR count). The van der Waals surface area contributed by atoms with Crippen LogP contribution in [0.5, 0.6) is 5.75 Å². The van der Waals surface area contributed by atoms with Gasteiger partial charge in [0, 0.05) is 13.1 Å². The van der Waals surface area contributed by atoms with Gasteiger partial charge in [0.05, 0.1) is 38.4 Å². The van der Waals surface area contributed by atoms with Gasteiger partial charge in [0.2, 0.25) is 0 Å². The van der Waals surface area contributed by atoms with Gasteiger partial charge in [-0.15, -0.1) is 0 Å². The van der Waals surface area contributed by atoms with Crippen LogP contribution in [0, 0.1) is 11.3 Å². The van der Waals surface area contributed by atoms with E-state index in [1.165, 1.54) is 16.7 Å². The van der Waals surface area contributed by atoms with Crippen LogP contribution >= 0.6 is 8.53 Å². The maximum Gasteiger partial charge on any atom is 0.258 e. The van der Waals surface area contributed by atoms with Crippen LogP contribution in [0.3, 0.4) is 0 Å². The first-order valence-corrected chi connectivity index (χ1v) is 16.0. The van der Waals surface area contributed by atoms with Crippen molar-refractivity contribution in [3.63, 3.8) is 0 Å². The number of nitriles is 1. The summed E-state index contributed by atoms with van der Waals surface area (Å²) in [5.41, 5.74) is 3.16. The lowest BCUT2D eigenvalue weighted by Crippen LogP contribution is -2.45. The van der Waals surface area contributed by atoms with Crippen molar-refractivity contribution >= 4 is 8.53 Å². The fourth-order valence-electron chi connectivity index (χ4n) is 5.02. The Hall–Kier alpha value is -2.78. The molecule has 1 N–H and O–H groups in total. The molecular weight excluding hydrogens is 529 g/mol. The van der Waals surface area contributed by atoms with Crippen LogP contribution in [-0.2, 0) is 14.6 Å². The Morgan fingerprint density at radius 3 is 1.83 bits per heavy atom. The largest absolute Gasteiger partial charge is 0.497 e. The van der Waals surface area contributed by atoms with Crippen LogP contribution in [0.25, 0.3) is 0 Å². The number of hydrogen-bond acceptors (Lipinski definition) is 6. The molecule has 0 amide bonds. The molecule has 41 heavy (non-hydrogen) atoms. The Morgan fingerprint density at radius 1 is 0.732 bits per heavy atom. The van der Waals surface area contributed by atoms with E-state index in [4.69, 9.17) is 19.0 Å². The van der Waals surface area contributed by atoms with Gasteiger partial charge < -0.3 is 13.8 Å². The third-order valence-electron chi connectivity index (χ3n) is 7.23. The number of rotatable bonds is 20. The number of ether oxygens (including phenoxy) is 1. The first-order chi connectivity index (χ1) is 20.2. The van der Waals surface area contributed by atoms with Gasteiger partial charge in [-0.25, -0.2) is 4.67 Å². The summed E-state index contributed by atoms with van der Waals surface area (Å²) in [5, 5.41) is 12.8. The summed E-state index contributed by atoms with van der Waals surface area (Å²) >= 11 is 0. The normalized spacial score (nSPS) is 12.3. The average molecular weight is 576 g/mol. The van der Waals surface area contributed by atoms with Gasteiger partial charge in [0.25, 0.3) is 8.53 Å². The minimum absolute atomic E-state index is 0.395. The van der Waals surface area contributed by atoms with E-state index in [2.05, 4.69) is 103 Å². The molecule has 0 aromatic heterocycles. The van der Waals surface area contributed by atoms with Crippen LogP contribution in [0.4, 0.5) is 0 Å². The molecule has 0 spiro atoms. The second kappa shape index (κ2) is 18.6. The van der Waals surface area contributed by atoms with Gasteiger partial charge >= 0.3 is 0 Å². The fourth-order valence-corrected chi connectivity index (χ4v) is 6.42. The molecule has 0 saturated heterocycles.